The van der Waals surface area contributed by atoms with E-state index in [4.69, 9.17) is 4.18 Å². The van der Waals surface area contributed by atoms with Crippen molar-refractivity contribution in [3.63, 3.8) is 0 Å². The van der Waals surface area contributed by atoms with Gasteiger partial charge in [0, 0.05) is 12.5 Å². The Bertz CT molecular complexity index is 493. The summed E-state index contributed by atoms with van der Waals surface area (Å²) in [7, 11) is 0. The molecule has 1 aromatic rings. The highest BCUT2D eigenvalue weighted by Gasteiger charge is 2.47. The predicted octanol–water partition coefficient (Wildman–Crippen LogP) is 2.24. The van der Waals surface area contributed by atoms with Crippen molar-refractivity contribution in [2.24, 2.45) is 17.8 Å². The van der Waals surface area contributed by atoms with E-state index in [0.29, 0.717) is 29.9 Å². The van der Waals surface area contributed by atoms with Crippen LogP contribution in [0.15, 0.2) is 30.3 Å². The fraction of sp³-hybridized carbons (Fsp3) is 0.533. The third-order valence-corrected chi connectivity index (χ3v) is 5.41. The normalized spacial score (nSPS) is 33.0. The molecule has 2 aliphatic carbocycles. The molecule has 5 heteroatoms. The maximum atomic E-state index is 12.1. The molecule has 0 saturated heterocycles. The first-order valence-corrected chi connectivity index (χ1v) is 8.20. The fourth-order valence-electron chi connectivity index (χ4n) is 3.74. The molecule has 4 nitrogen and oxygen atoms in total. The second kappa shape index (κ2) is 6.06. The van der Waals surface area contributed by atoms with Crippen LogP contribution in [0, 0.1) is 17.8 Å². The van der Waals surface area contributed by atoms with E-state index >= 15 is 0 Å². The lowest BCUT2D eigenvalue weighted by atomic mass is 9.83. The first-order chi connectivity index (χ1) is 9.78. The van der Waals surface area contributed by atoms with Gasteiger partial charge in [0.2, 0.25) is 0 Å². The Morgan fingerprint density at radius 2 is 2.00 bits per heavy atom. The van der Waals surface area contributed by atoms with Crippen LogP contribution in [-0.2, 0) is 16.1 Å². The van der Waals surface area contributed by atoms with E-state index in [2.05, 4.69) is 4.72 Å². The van der Waals surface area contributed by atoms with Crippen molar-refractivity contribution in [2.45, 2.75) is 31.7 Å². The van der Waals surface area contributed by atoms with Crippen molar-refractivity contribution >= 4 is 17.6 Å². The predicted molar refractivity (Wildman–Crippen MR) is 77.1 cm³/mol. The molecule has 0 heterocycles. The van der Waals surface area contributed by atoms with Crippen LogP contribution in [0.25, 0.3) is 0 Å². The summed E-state index contributed by atoms with van der Waals surface area (Å²) in [6, 6.07) is 9.29. The van der Waals surface area contributed by atoms with E-state index in [9.17, 15) is 9.00 Å². The van der Waals surface area contributed by atoms with Crippen molar-refractivity contribution in [2.75, 3.05) is 0 Å². The summed E-state index contributed by atoms with van der Waals surface area (Å²) in [5, 5.41) is 0. The molecule has 5 atom stereocenters. The molecule has 2 fully saturated rings. The van der Waals surface area contributed by atoms with Crippen molar-refractivity contribution < 1.29 is 13.2 Å². The highest BCUT2D eigenvalue weighted by atomic mass is 32.2. The lowest BCUT2D eigenvalue weighted by molar-refractivity contribution is -0.109. The number of hydrogen-bond acceptors (Lipinski definition) is 3. The lowest BCUT2D eigenvalue weighted by Crippen LogP contribution is -2.43. The molecule has 2 saturated carbocycles. The molecule has 5 unspecified atom stereocenters. The van der Waals surface area contributed by atoms with E-state index < -0.39 is 11.3 Å². The Labute approximate surface area is 121 Å². The summed E-state index contributed by atoms with van der Waals surface area (Å²) in [6.07, 6.45) is 5.06. The Morgan fingerprint density at radius 3 is 2.75 bits per heavy atom. The largest absolute Gasteiger partial charge is 0.389 e. The molecule has 0 aromatic heterocycles. The van der Waals surface area contributed by atoms with Crippen LogP contribution in [-0.4, -0.2) is 16.5 Å². The van der Waals surface area contributed by atoms with Gasteiger partial charge in [-0.3, -0.25) is 0 Å². The molecule has 0 amide bonds. The first-order valence-electron chi connectivity index (χ1n) is 7.13. The average molecular weight is 293 g/mol. The molecule has 2 aliphatic rings. The van der Waals surface area contributed by atoms with Crippen LogP contribution in [0.1, 0.15) is 25.7 Å². The Balaban J connectivity index is 1.61. The van der Waals surface area contributed by atoms with E-state index in [-0.39, 0.29) is 6.04 Å². The Morgan fingerprint density at radius 1 is 1.25 bits per heavy atom. The number of para-hydroxylation sites is 1. The number of hydrogen-bond donors (Lipinski definition) is 1. The minimum absolute atomic E-state index is 0.142. The number of carbonyl (C=O) groups excluding carboxylic acids is 1. The summed E-state index contributed by atoms with van der Waals surface area (Å²) in [4.78, 5) is 10.8. The quantitative estimate of drug-likeness (QED) is 0.818. The topological polar surface area (TPSA) is 55.4 Å². The van der Waals surface area contributed by atoms with E-state index in [0.717, 1.165) is 12.7 Å². The smallest absolute Gasteiger partial charge is 0.288 e. The molecule has 108 valence electrons. The van der Waals surface area contributed by atoms with Gasteiger partial charge >= 0.3 is 0 Å². The number of aldehydes is 1. The molecule has 20 heavy (non-hydrogen) atoms. The minimum Gasteiger partial charge on any atom is -0.389 e. The number of fused-ring (bicyclic) bond motifs is 2. The molecule has 1 N–H and O–H groups in total. The zero-order valence-corrected chi connectivity index (χ0v) is 12.1. The summed E-state index contributed by atoms with van der Waals surface area (Å²) in [6.45, 7) is 0. The second-order valence-electron chi connectivity index (χ2n) is 5.67. The first kappa shape index (κ1) is 13.8. The summed E-state index contributed by atoms with van der Waals surface area (Å²) in [5.74, 6) is 2.05. The molecule has 0 spiro atoms. The van der Waals surface area contributed by atoms with Gasteiger partial charge in [-0.25, -0.2) is 4.72 Å². The molecular formula is C15H19NO3S. The fourth-order valence-corrected chi connectivity index (χ4v) is 4.67. The number of nitrogens with one attached hydrogen (secondary N) is 1. The lowest BCUT2D eigenvalue weighted by Gasteiger charge is -2.29. The highest BCUT2D eigenvalue weighted by Crippen LogP contribution is 2.49. The van der Waals surface area contributed by atoms with Gasteiger partial charge in [0.15, 0.2) is 0 Å². The van der Waals surface area contributed by atoms with Gasteiger partial charge in [-0.15, -0.1) is 0 Å². The van der Waals surface area contributed by atoms with Gasteiger partial charge in [0.25, 0.3) is 11.3 Å². The van der Waals surface area contributed by atoms with Gasteiger partial charge in [-0.2, -0.15) is 4.21 Å². The van der Waals surface area contributed by atoms with Crippen molar-refractivity contribution in [1.29, 1.82) is 0 Å². The maximum absolute atomic E-state index is 12.1. The SMILES string of the molecule is O=CCC1C2CCC(C2)C1NS(=O)Oc1ccccc1. The van der Waals surface area contributed by atoms with Crippen LogP contribution < -0.4 is 8.91 Å². The van der Waals surface area contributed by atoms with Gasteiger partial charge in [-0.1, -0.05) is 18.2 Å². The molecule has 3 rings (SSSR count). The average Bonchev–Trinajstić information content (AvgIpc) is 3.03. The number of carbonyl (C=O) groups is 1. The van der Waals surface area contributed by atoms with Crippen LogP contribution in [0.3, 0.4) is 0 Å². The van der Waals surface area contributed by atoms with Crippen LogP contribution in [0.5, 0.6) is 5.75 Å². The summed E-state index contributed by atoms with van der Waals surface area (Å²) >= 11 is -1.55. The standard InChI is InChI=1S/C15H19NO3S/c17-9-8-14-11-6-7-12(10-11)15(14)16-20(18)19-13-4-2-1-3-5-13/h1-5,9,11-12,14-16H,6-8,10H2. The van der Waals surface area contributed by atoms with E-state index in [1.165, 1.54) is 12.8 Å². The summed E-state index contributed by atoms with van der Waals surface area (Å²) in [5.41, 5.74) is 0. The molecular weight excluding hydrogens is 274 g/mol. The maximum Gasteiger partial charge on any atom is 0.288 e. The van der Waals surface area contributed by atoms with Crippen molar-refractivity contribution in [3.05, 3.63) is 30.3 Å². The molecule has 0 aliphatic heterocycles. The van der Waals surface area contributed by atoms with E-state index in [1.807, 2.05) is 18.2 Å². The third kappa shape index (κ3) is 2.79. The van der Waals surface area contributed by atoms with Gasteiger partial charge in [-0.05, 0) is 49.1 Å². The van der Waals surface area contributed by atoms with Crippen molar-refractivity contribution in [3.8, 4) is 5.75 Å². The van der Waals surface area contributed by atoms with E-state index in [1.54, 1.807) is 12.1 Å². The summed E-state index contributed by atoms with van der Waals surface area (Å²) < 4.78 is 20.6. The highest BCUT2D eigenvalue weighted by molar-refractivity contribution is 7.78. The van der Waals surface area contributed by atoms with Crippen LogP contribution in [0.4, 0.5) is 0 Å². The Hall–Kier alpha value is -1.20. The number of rotatable bonds is 6. The monoisotopic (exact) mass is 293 g/mol. The van der Waals surface area contributed by atoms with Crippen LogP contribution >= 0.6 is 0 Å². The minimum atomic E-state index is -1.55. The zero-order valence-electron chi connectivity index (χ0n) is 11.2. The third-order valence-electron chi connectivity index (χ3n) is 4.60. The van der Waals surface area contributed by atoms with Gasteiger partial charge in [0.1, 0.15) is 12.0 Å². The zero-order chi connectivity index (χ0) is 13.9. The molecule has 1 aromatic carbocycles. The number of benzene rings is 1. The van der Waals surface area contributed by atoms with Crippen LogP contribution in [0.2, 0.25) is 0 Å². The Kier molecular flexibility index (Phi) is 4.17. The molecule has 2 bridgehead atoms. The van der Waals surface area contributed by atoms with Gasteiger partial charge < -0.3 is 8.98 Å². The second-order valence-corrected chi connectivity index (χ2v) is 6.55. The molecule has 0 radical (unpaired) electrons. The van der Waals surface area contributed by atoms with Gasteiger partial charge in [0.05, 0.1) is 0 Å². The van der Waals surface area contributed by atoms with Crippen molar-refractivity contribution in [1.82, 2.24) is 4.72 Å².